The normalized spacial score (nSPS) is 19.5. The van der Waals surface area contributed by atoms with E-state index in [9.17, 15) is 4.21 Å². The van der Waals surface area contributed by atoms with Crippen molar-refractivity contribution in [3.05, 3.63) is 30.3 Å². The summed E-state index contributed by atoms with van der Waals surface area (Å²) in [6.07, 6.45) is 1.49. The Morgan fingerprint density at radius 1 is 1.19 bits per heavy atom. The van der Waals surface area contributed by atoms with Crippen LogP contribution in [0.4, 0.5) is 0 Å². The third kappa shape index (κ3) is 3.40. The van der Waals surface area contributed by atoms with Crippen molar-refractivity contribution in [2.75, 3.05) is 19.0 Å². The van der Waals surface area contributed by atoms with Crippen molar-refractivity contribution < 1.29 is 13.7 Å². The van der Waals surface area contributed by atoms with Gasteiger partial charge in [0.2, 0.25) is 0 Å². The zero-order valence-corrected chi connectivity index (χ0v) is 9.95. The highest BCUT2D eigenvalue weighted by atomic mass is 32.2. The van der Waals surface area contributed by atoms with Crippen LogP contribution in [-0.4, -0.2) is 29.5 Å². The zero-order valence-electron chi connectivity index (χ0n) is 9.13. The second-order valence-corrected chi connectivity index (χ2v) is 5.25. The van der Waals surface area contributed by atoms with Crippen LogP contribution >= 0.6 is 0 Å². The zero-order chi connectivity index (χ0) is 11.2. The van der Waals surface area contributed by atoms with Crippen LogP contribution in [0.3, 0.4) is 0 Å². The highest BCUT2D eigenvalue weighted by Gasteiger charge is 2.15. The van der Waals surface area contributed by atoms with Gasteiger partial charge in [-0.15, -0.1) is 0 Å². The minimum absolute atomic E-state index is 0.165. The fourth-order valence-electron chi connectivity index (χ4n) is 1.60. The van der Waals surface area contributed by atoms with Crippen molar-refractivity contribution in [3.8, 4) is 0 Å². The standard InChI is InChI=1S/C12H16O3S/c13-16(11-5-2-1-3-6-11)10-7-12-14-8-4-9-15-12/h1-3,5-6,12H,4,7-10H2. The molecular weight excluding hydrogens is 224 g/mol. The van der Waals surface area contributed by atoms with Crippen LogP contribution < -0.4 is 0 Å². The topological polar surface area (TPSA) is 35.5 Å². The van der Waals surface area contributed by atoms with Gasteiger partial charge in [0.25, 0.3) is 0 Å². The molecule has 4 heteroatoms. The molecular formula is C12H16O3S. The molecule has 1 aromatic rings. The van der Waals surface area contributed by atoms with Crippen molar-refractivity contribution in [2.24, 2.45) is 0 Å². The molecule has 0 saturated carbocycles. The molecule has 2 rings (SSSR count). The van der Waals surface area contributed by atoms with E-state index in [1.54, 1.807) is 0 Å². The summed E-state index contributed by atoms with van der Waals surface area (Å²) in [5.41, 5.74) is 0. The maximum absolute atomic E-state index is 11.9. The summed E-state index contributed by atoms with van der Waals surface area (Å²) in [7, 11) is -0.945. The van der Waals surface area contributed by atoms with E-state index >= 15 is 0 Å². The molecule has 1 aliphatic heterocycles. The Kier molecular flexibility index (Phi) is 4.51. The first-order valence-corrected chi connectivity index (χ1v) is 6.85. The number of rotatable bonds is 4. The minimum atomic E-state index is -0.945. The van der Waals surface area contributed by atoms with Crippen LogP contribution in [0.1, 0.15) is 12.8 Å². The molecule has 0 aliphatic carbocycles. The largest absolute Gasteiger partial charge is 0.353 e. The van der Waals surface area contributed by atoms with Crippen molar-refractivity contribution in [3.63, 3.8) is 0 Å². The first kappa shape index (κ1) is 11.8. The Morgan fingerprint density at radius 2 is 1.88 bits per heavy atom. The second-order valence-electron chi connectivity index (χ2n) is 3.68. The average molecular weight is 240 g/mol. The van der Waals surface area contributed by atoms with Crippen LogP contribution in [0.2, 0.25) is 0 Å². The SMILES string of the molecule is O=S(CCC1OCCCO1)c1ccccc1. The predicted octanol–water partition coefficient (Wildman–Crippen LogP) is 1.95. The molecule has 88 valence electrons. The molecule has 0 spiro atoms. The summed E-state index contributed by atoms with van der Waals surface area (Å²) in [6, 6.07) is 9.51. The summed E-state index contributed by atoms with van der Waals surface area (Å²) < 4.78 is 22.7. The van der Waals surface area contributed by atoms with E-state index in [2.05, 4.69) is 0 Å². The molecule has 3 nitrogen and oxygen atoms in total. The molecule has 0 N–H and O–H groups in total. The highest BCUT2D eigenvalue weighted by molar-refractivity contribution is 7.85. The minimum Gasteiger partial charge on any atom is -0.353 e. The maximum Gasteiger partial charge on any atom is 0.158 e. The lowest BCUT2D eigenvalue weighted by atomic mass is 10.4. The lowest BCUT2D eigenvalue weighted by Crippen LogP contribution is -2.26. The van der Waals surface area contributed by atoms with Crippen molar-refractivity contribution in [1.29, 1.82) is 0 Å². The molecule has 1 heterocycles. The van der Waals surface area contributed by atoms with Gasteiger partial charge in [0.1, 0.15) is 0 Å². The van der Waals surface area contributed by atoms with Gasteiger partial charge in [-0.3, -0.25) is 4.21 Å². The van der Waals surface area contributed by atoms with Gasteiger partial charge in [-0.05, 0) is 18.6 Å². The Hall–Kier alpha value is -0.710. The van der Waals surface area contributed by atoms with E-state index in [4.69, 9.17) is 9.47 Å². The van der Waals surface area contributed by atoms with Crippen LogP contribution in [0.25, 0.3) is 0 Å². The first-order valence-electron chi connectivity index (χ1n) is 5.53. The van der Waals surface area contributed by atoms with Gasteiger partial charge in [-0.1, -0.05) is 18.2 Å². The van der Waals surface area contributed by atoms with Crippen LogP contribution in [0.5, 0.6) is 0 Å². The molecule has 1 aromatic carbocycles. The lowest BCUT2D eigenvalue weighted by molar-refractivity contribution is -0.178. The van der Waals surface area contributed by atoms with E-state index < -0.39 is 10.8 Å². The Labute approximate surface area is 98.2 Å². The second kappa shape index (κ2) is 6.13. The molecule has 0 aromatic heterocycles. The molecule has 0 amide bonds. The lowest BCUT2D eigenvalue weighted by Gasteiger charge is -2.22. The van der Waals surface area contributed by atoms with Gasteiger partial charge < -0.3 is 9.47 Å². The molecule has 1 unspecified atom stereocenters. The first-order chi connectivity index (χ1) is 7.86. The van der Waals surface area contributed by atoms with E-state index in [0.29, 0.717) is 12.2 Å². The molecule has 0 bridgehead atoms. The van der Waals surface area contributed by atoms with Gasteiger partial charge in [0, 0.05) is 17.1 Å². The fourth-order valence-corrected chi connectivity index (χ4v) is 2.70. The van der Waals surface area contributed by atoms with Crippen LogP contribution in [-0.2, 0) is 20.3 Å². The summed E-state index contributed by atoms with van der Waals surface area (Å²) >= 11 is 0. The number of hydrogen-bond acceptors (Lipinski definition) is 3. The Bertz CT molecular complexity index is 333. The van der Waals surface area contributed by atoms with E-state index in [0.717, 1.165) is 24.5 Å². The summed E-state index contributed by atoms with van der Waals surface area (Å²) in [4.78, 5) is 0.873. The highest BCUT2D eigenvalue weighted by Crippen LogP contribution is 2.12. The maximum atomic E-state index is 11.9. The van der Waals surface area contributed by atoms with Gasteiger partial charge in [0.15, 0.2) is 6.29 Å². The van der Waals surface area contributed by atoms with E-state index in [1.807, 2.05) is 30.3 Å². The van der Waals surface area contributed by atoms with Crippen LogP contribution in [0, 0.1) is 0 Å². The number of hydrogen-bond donors (Lipinski definition) is 0. The van der Waals surface area contributed by atoms with Gasteiger partial charge in [-0.2, -0.15) is 0 Å². The van der Waals surface area contributed by atoms with Crippen molar-refractivity contribution in [1.82, 2.24) is 0 Å². The summed E-state index contributed by atoms with van der Waals surface area (Å²) in [5, 5.41) is 0. The van der Waals surface area contributed by atoms with Crippen molar-refractivity contribution in [2.45, 2.75) is 24.0 Å². The molecule has 1 aliphatic rings. The predicted molar refractivity (Wildman–Crippen MR) is 62.6 cm³/mol. The smallest absolute Gasteiger partial charge is 0.158 e. The third-order valence-corrected chi connectivity index (χ3v) is 3.85. The quantitative estimate of drug-likeness (QED) is 0.807. The third-order valence-electron chi connectivity index (χ3n) is 2.44. The average Bonchev–Trinajstić information content (AvgIpc) is 2.38. The van der Waals surface area contributed by atoms with E-state index in [-0.39, 0.29) is 6.29 Å². The van der Waals surface area contributed by atoms with Gasteiger partial charge in [-0.25, -0.2) is 0 Å². The van der Waals surface area contributed by atoms with Crippen LogP contribution in [0.15, 0.2) is 35.2 Å². The van der Waals surface area contributed by atoms with Crippen molar-refractivity contribution >= 4 is 10.8 Å². The number of benzene rings is 1. The summed E-state index contributed by atoms with van der Waals surface area (Å²) in [6.45, 7) is 1.51. The van der Waals surface area contributed by atoms with E-state index in [1.165, 1.54) is 0 Å². The Morgan fingerprint density at radius 3 is 2.56 bits per heavy atom. The summed E-state index contributed by atoms with van der Waals surface area (Å²) in [5.74, 6) is 0.592. The molecule has 1 saturated heterocycles. The molecule has 16 heavy (non-hydrogen) atoms. The molecule has 0 radical (unpaired) electrons. The van der Waals surface area contributed by atoms with Gasteiger partial charge in [0.05, 0.1) is 24.0 Å². The number of ether oxygens (including phenoxy) is 2. The van der Waals surface area contributed by atoms with Gasteiger partial charge >= 0.3 is 0 Å². The monoisotopic (exact) mass is 240 g/mol. The fraction of sp³-hybridized carbons (Fsp3) is 0.500. The molecule has 1 atom stereocenters. The molecule has 1 fully saturated rings. The Balaban J connectivity index is 1.79.